The van der Waals surface area contributed by atoms with Crippen LogP contribution in [0.3, 0.4) is 0 Å². The molecule has 76 valence electrons. The average molecular weight is 203 g/mol. The van der Waals surface area contributed by atoms with E-state index >= 15 is 0 Å². The zero-order valence-corrected chi connectivity index (χ0v) is 9.66. The molecule has 0 heterocycles. The molecule has 0 unspecified atom stereocenters. The molecule has 0 radical (unpaired) electrons. The summed E-state index contributed by atoms with van der Waals surface area (Å²) < 4.78 is 0. The van der Waals surface area contributed by atoms with Crippen LogP contribution in [0.15, 0.2) is 0 Å². The van der Waals surface area contributed by atoms with Gasteiger partial charge in [0.05, 0.1) is 0 Å². The van der Waals surface area contributed by atoms with E-state index < -0.39 is 11.9 Å². The number of carbonyl (C=O) groups is 2. The SMILES string of the molecule is CCCC(=O)O.CCCC(=O)O.[H-].[H-].[Mg+2]. The second-order valence-electron chi connectivity index (χ2n) is 2.29. The first-order valence-electron chi connectivity index (χ1n) is 3.98. The largest absolute Gasteiger partial charge is 2.00 e. The van der Waals surface area contributed by atoms with Gasteiger partial charge in [-0.15, -0.1) is 0 Å². The molecule has 4 nitrogen and oxygen atoms in total. The van der Waals surface area contributed by atoms with Gasteiger partial charge < -0.3 is 13.1 Å². The van der Waals surface area contributed by atoms with Gasteiger partial charge >= 0.3 is 35.0 Å². The first kappa shape index (κ1) is 18.5. The molecule has 0 aliphatic heterocycles. The van der Waals surface area contributed by atoms with E-state index in [-0.39, 0.29) is 25.9 Å². The van der Waals surface area contributed by atoms with E-state index in [1.807, 2.05) is 13.8 Å². The first-order chi connectivity index (χ1) is 5.54. The van der Waals surface area contributed by atoms with Gasteiger partial charge in [0.2, 0.25) is 0 Å². The minimum absolute atomic E-state index is 0. The number of hydrogen-bond acceptors (Lipinski definition) is 2. The van der Waals surface area contributed by atoms with E-state index in [9.17, 15) is 9.59 Å². The van der Waals surface area contributed by atoms with Crippen LogP contribution in [0.5, 0.6) is 0 Å². The van der Waals surface area contributed by atoms with E-state index in [1.54, 1.807) is 0 Å². The summed E-state index contributed by atoms with van der Waals surface area (Å²) in [5.74, 6) is -1.42. The Kier molecular flexibility index (Phi) is 20.2. The number of carboxylic acid groups (broad SMARTS) is 2. The van der Waals surface area contributed by atoms with Crippen molar-refractivity contribution in [3.05, 3.63) is 0 Å². The van der Waals surface area contributed by atoms with Crippen LogP contribution in [0, 0.1) is 0 Å². The molecule has 0 bridgehead atoms. The van der Waals surface area contributed by atoms with Crippen molar-refractivity contribution in [2.45, 2.75) is 39.5 Å². The van der Waals surface area contributed by atoms with Crippen LogP contribution in [0.2, 0.25) is 0 Å². The molecular formula is C8H18MgO4. The number of hydrogen-bond donors (Lipinski definition) is 2. The second-order valence-corrected chi connectivity index (χ2v) is 2.29. The van der Waals surface area contributed by atoms with Crippen LogP contribution in [-0.2, 0) is 9.59 Å². The van der Waals surface area contributed by atoms with Crippen LogP contribution in [0.4, 0.5) is 0 Å². The van der Waals surface area contributed by atoms with Crippen molar-refractivity contribution in [2.75, 3.05) is 0 Å². The van der Waals surface area contributed by atoms with Gasteiger partial charge in [-0.05, 0) is 12.8 Å². The predicted molar refractivity (Wildman–Crippen MR) is 53.1 cm³/mol. The predicted octanol–water partition coefficient (Wildman–Crippen LogP) is 1.59. The third-order valence-electron chi connectivity index (χ3n) is 0.928. The normalized spacial score (nSPS) is 7.54. The molecule has 0 aromatic rings. The number of rotatable bonds is 4. The third kappa shape index (κ3) is 33.9. The van der Waals surface area contributed by atoms with Crippen LogP contribution < -0.4 is 0 Å². The maximum Gasteiger partial charge on any atom is 2.00 e. The number of aliphatic carboxylic acids is 2. The Bertz CT molecular complexity index is 129. The van der Waals surface area contributed by atoms with E-state index in [4.69, 9.17) is 10.2 Å². The summed E-state index contributed by atoms with van der Waals surface area (Å²) in [4.78, 5) is 19.2. The van der Waals surface area contributed by atoms with Crippen molar-refractivity contribution in [3.8, 4) is 0 Å². The Morgan fingerprint density at radius 2 is 1.23 bits per heavy atom. The Hall–Kier alpha value is -0.294. The summed E-state index contributed by atoms with van der Waals surface area (Å²) in [6.07, 6.45) is 2.05. The van der Waals surface area contributed by atoms with E-state index in [1.165, 1.54) is 0 Å². The molecule has 0 aromatic heterocycles. The van der Waals surface area contributed by atoms with Gasteiger partial charge in [-0.2, -0.15) is 0 Å². The third-order valence-corrected chi connectivity index (χ3v) is 0.928. The maximum atomic E-state index is 9.60. The van der Waals surface area contributed by atoms with Crippen molar-refractivity contribution in [3.63, 3.8) is 0 Å². The molecule has 13 heavy (non-hydrogen) atoms. The molecule has 2 N–H and O–H groups in total. The zero-order chi connectivity index (χ0) is 9.98. The minimum Gasteiger partial charge on any atom is -1.00 e. The summed E-state index contributed by atoms with van der Waals surface area (Å²) in [5, 5.41) is 15.8. The van der Waals surface area contributed by atoms with Crippen molar-refractivity contribution in [1.82, 2.24) is 0 Å². The van der Waals surface area contributed by atoms with Gasteiger partial charge in [0.25, 0.3) is 0 Å². The first-order valence-corrected chi connectivity index (χ1v) is 3.98. The molecule has 0 aliphatic carbocycles. The fraction of sp³-hybridized carbons (Fsp3) is 0.750. The average Bonchev–Trinajstić information content (AvgIpc) is 1.87. The quantitative estimate of drug-likeness (QED) is 0.679. The smallest absolute Gasteiger partial charge is 1.00 e. The van der Waals surface area contributed by atoms with Crippen LogP contribution in [-0.4, -0.2) is 45.2 Å². The number of carboxylic acids is 2. The van der Waals surface area contributed by atoms with Gasteiger partial charge in [-0.25, -0.2) is 0 Å². The van der Waals surface area contributed by atoms with Gasteiger partial charge in [0.1, 0.15) is 0 Å². The summed E-state index contributed by atoms with van der Waals surface area (Å²) >= 11 is 0. The van der Waals surface area contributed by atoms with E-state index in [0.717, 1.165) is 12.8 Å². The summed E-state index contributed by atoms with van der Waals surface area (Å²) in [7, 11) is 0. The van der Waals surface area contributed by atoms with Crippen molar-refractivity contribution >= 4 is 35.0 Å². The molecule has 0 aliphatic rings. The summed E-state index contributed by atoms with van der Waals surface area (Å²) in [6.45, 7) is 3.68. The van der Waals surface area contributed by atoms with Gasteiger partial charge in [-0.1, -0.05) is 13.8 Å². The minimum atomic E-state index is -0.711. The molecule has 0 amide bonds. The van der Waals surface area contributed by atoms with E-state index in [0.29, 0.717) is 12.8 Å². The molecule has 0 spiro atoms. The molecule has 0 rings (SSSR count). The van der Waals surface area contributed by atoms with Gasteiger partial charge in [-0.3, -0.25) is 9.59 Å². The maximum absolute atomic E-state index is 9.60. The van der Waals surface area contributed by atoms with Crippen molar-refractivity contribution in [1.29, 1.82) is 0 Å². The van der Waals surface area contributed by atoms with Gasteiger partial charge in [0.15, 0.2) is 0 Å². The Labute approximate surface area is 97.5 Å². The van der Waals surface area contributed by atoms with Crippen LogP contribution in [0.1, 0.15) is 42.4 Å². The Morgan fingerprint density at radius 3 is 1.23 bits per heavy atom. The van der Waals surface area contributed by atoms with Gasteiger partial charge in [0, 0.05) is 12.8 Å². The molecule has 0 fully saturated rings. The molecule has 0 aromatic carbocycles. The molecular weight excluding hydrogens is 184 g/mol. The van der Waals surface area contributed by atoms with Crippen LogP contribution in [0.25, 0.3) is 0 Å². The second kappa shape index (κ2) is 14.2. The zero-order valence-electron chi connectivity index (χ0n) is 10.2. The monoisotopic (exact) mass is 202 g/mol. The summed E-state index contributed by atoms with van der Waals surface area (Å²) in [6, 6.07) is 0. The Balaban J connectivity index is -0.0000000370. The standard InChI is InChI=1S/2C4H8O2.Mg.2H/c2*1-2-3-4(5)6;;;/h2*2-3H2,1H3,(H,5,6);;;/q;;+2;2*-1. The molecule has 0 saturated heterocycles. The van der Waals surface area contributed by atoms with Crippen LogP contribution >= 0.6 is 0 Å². The molecule has 5 heteroatoms. The fourth-order valence-electron chi connectivity index (χ4n) is 0.428. The van der Waals surface area contributed by atoms with E-state index in [2.05, 4.69) is 0 Å². The Morgan fingerprint density at radius 1 is 1.00 bits per heavy atom. The molecule has 0 atom stereocenters. The summed E-state index contributed by atoms with van der Waals surface area (Å²) in [5.41, 5.74) is 0. The topological polar surface area (TPSA) is 74.6 Å². The molecule has 0 saturated carbocycles. The fourth-order valence-corrected chi connectivity index (χ4v) is 0.428. The van der Waals surface area contributed by atoms with Crippen molar-refractivity contribution in [2.24, 2.45) is 0 Å². The van der Waals surface area contributed by atoms with Crippen molar-refractivity contribution < 1.29 is 22.7 Å².